The van der Waals surface area contributed by atoms with Crippen molar-refractivity contribution in [3.05, 3.63) is 46.3 Å². The van der Waals surface area contributed by atoms with Crippen LogP contribution in [-0.4, -0.2) is 13.1 Å². The fraction of sp³-hybridized carbons (Fsp3) is 0.267. The molecule has 0 spiro atoms. The third-order valence-electron chi connectivity index (χ3n) is 3.10. The standard InChI is InChI=1S/C15H14F3NO3S/c1-8(9-5-3-4-6-10(9)15(16,17)18)22-11-7-12(19)23-13(11)14(20)21-2/h3-8H,19H2,1-2H3/t8-/m0/s1. The van der Waals surface area contributed by atoms with Gasteiger partial charge in [0, 0.05) is 11.6 Å². The number of hydrogen-bond acceptors (Lipinski definition) is 5. The molecule has 0 radical (unpaired) electrons. The van der Waals surface area contributed by atoms with E-state index < -0.39 is 23.8 Å². The quantitative estimate of drug-likeness (QED) is 0.841. The van der Waals surface area contributed by atoms with E-state index in [4.69, 9.17) is 10.5 Å². The third-order valence-corrected chi connectivity index (χ3v) is 4.02. The van der Waals surface area contributed by atoms with Crippen LogP contribution in [0.2, 0.25) is 0 Å². The third kappa shape index (κ3) is 3.76. The van der Waals surface area contributed by atoms with Crippen LogP contribution in [0, 0.1) is 0 Å². The average molecular weight is 345 g/mol. The van der Waals surface area contributed by atoms with Crippen molar-refractivity contribution in [1.29, 1.82) is 0 Å². The minimum Gasteiger partial charge on any atom is -0.484 e. The van der Waals surface area contributed by atoms with Gasteiger partial charge >= 0.3 is 12.1 Å². The van der Waals surface area contributed by atoms with Crippen molar-refractivity contribution in [2.24, 2.45) is 0 Å². The molecule has 0 amide bonds. The van der Waals surface area contributed by atoms with Crippen molar-refractivity contribution in [1.82, 2.24) is 0 Å². The Labute approximate surface area is 134 Å². The molecule has 1 aromatic heterocycles. The van der Waals surface area contributed by atoms with Gasteiger partial charge in [0.15, 0.2) is 4.88 Å². The highest BCUT2D eigenvalue weighted by Crippen LogP contribution is 2.38. The van der Waals surface area contributed by atoms with Gasteiger partial charge in [0.05, 0.1) is 17.7 Å². The van der Waals surface area contributed by atoms with Gasteiger partial charge in [0.2, 0.25) is 0 Å². The van der Waals surface area contributed by atoms with Crippen molar-refractivity contribution >= 4 is 22.3 Å². The Morgan fingerprint density at radius 3 is 2.57 bits per heavy atom. The van der Waals surface area contributed by atoms with Gasteiger partial charge in [-0.25, -0.2) is 4.79 Å². The molecular formula is C15H14F3NO3S. The number of anilines is 1. The predicted octanol–water partition coefficient (Wildman–Crippen LogP) is 4.28. The number of ether oxygens (including phenoxy) is 2. The first-order valence-electron chi connectivity index (χ1n) is 6.54. The lowest BCUT2D eigenvalue weighted by Gasteiger charge is -2.19. The number of carbonyl (C=O) groups excluding carboxylic acids is 1. The summed E-state index contributed by atoms with van der Waals surface area (Å²) in [4.78, 5) is 11.8. The Morgan fingerprint density at radius 2 is 1.96 bits per heavy atom. The number of methoxy groups -OCH3 is 1. The zero-order valence-electron chi connectivity index (χ0n) is 12.3. The van der Waals surface area contributed by atoms with E-state index in [1.807, 2.05) is 0 Å². The van der Waals surface area contributed by atoms with E-state index in [0.29, 0.717) is 5.00 Å². The number of benzene rings is 1. The van der Waals surface area contributed by atoms with Gasteiger partial charge in [-0.3, -0.25) is 0 Å². The van der Waals surface area contributed by atoms with Crippen LogP contribution < -0.4 is 10.5 Å². The summed E-state index contributed by atoms with van der Waals surface area (Å²) in [5, 5.41) is 0.303. The largest absolute Gasteiger partial charge is 0.484 e. The normalized spacial score (nSPS) is 12.7. The molecule has 2 N–H and O–H groups in total. The fourth-order valence-electron chi connectivity index (χ4n) is 2.08. The number of alkyl halides is 3. The van der Waals surface area contributed by atoms with Crippen LogP contribution in [0.3, 0.4) is 0 Å². The summed E-state index contributed by atoms with van der Waals surface area (Å²) in [7, 11) is 1.20. The van der Waals surface area contributed by atoms with E-state index in [9.17, 15) is 18.0 Å². The van der Waals surface area contributed by atoms with E-state index in [1.54, 1.807) is 0 Å². The summed E-state index contributed by atoms with van der Waals surface area (Å²) < 4.78 is 49.4. The van der Waals surface area contributed by atoms with E-state index in [1.165, 1.54) is 38.3 Å². The highest BCUT2D eigenvalue weighted by atomic mass is 32.1. The Balaban J connectivity index is 2.34. The Morgan fingerprint density at radius 1 is 1.30 bits per heavy atom. The smallest absolute Gasteiger partial charge is 0.416 e. The second-order valence-corrected chi connectivity index (χ2v) is 5.76. The van der Waals surface area contributed by atoms with Crippen LogP contribution in [-0.2, 0) is 10.9 Å². The molecule has 0 saturated heterocycles. The zero-order chi connectivity index (χ0) is 17.2. The molecule has 1 heterocycles. The maximum Gasteiger partial charge on any atom is 0.416 e. The van der Waals surface area contributed by atoms with Crippen molar-refractivity contribution in [2.45, 2.75) is 19.2 Å². The first-order chi connectivity index (χ1) is 10.7. The van der Waals surface area contributed by atoms with Crippen molar-refractivity contribution in [3.63, 3.8) is 0 Å². The van der Waals surface area contributed by atoms with Gasteiger partial charge < -0.3 is 15.2 Å². The first-order valence-corrected chi connectivity index (χ1v) is 7.36. The van der Waals surface area contributed by atoms with E-state index in [-0.39, 0.29) is 16.2 Å². The number of halogens is 3. The van der Waals surface area contributed by atoms with Crippen molar-refractivity contribution < 1.29 is 27.4 Å². The maximum absolute atomic E-state index is 13.1. The van der Waals surface area contributed by atoms with Gasteiger partial charge in [0.1, 0.15) is 11.9 Å². The van der Waals surface area contributed by atoms with Crippen LogP contribution >= 0.6 is 11.3 Å². The number of nitrogen functional groups attached to an aromatic ring is 1. The highest BCUT2D eigenvalue weighted by Gasteiger charge is 2.35. The minimum atomic E-state index is -4.49. The summed E-state index contributed by atoms with van der Waals surface area (Å²) in [5.41, 5.74) is 4.83. The maximum atomic E-state index is 13.1. The van der Waals surface area contributed by atoms with Gasteiger partial charge in [0.25, 0.3) is 0 Å². The van der Waals surface area contributed by atoms with Crippen molar-refractivity contribution in [2.75, 3.05) is 12.8 Å². The second-order valence-electron chi connectivity index (χ2n) is 4.68. The fourth-order valence-corrected chi connectivity index (χ4v) is 2.85. The molecule has 8 heteroatoms. The molecule has 0 aliphatic carbocycles. The minimum absolute atomic E-state index is 0.0272. The average Bonchev–Trinajstić information content (AvgIpc) is 2.86. The molecule has 0 fully saturated rings. The first kappa shape index (κ1) is 17.1. The van der Waals surface area contributed by atoms with Crippen LogP contribution in [0.1, 0.15) is 33.8 Å². The molecular weight excluding hydrogens is 331 g/mol. The Kier molecular flexibility index (Phi) is 4.84. The number of rotatable bonds is 4. The SMILES string of the molecule is COC(=O)c1sc(N)cc1O[C@@H](C)c1ccccc1C(F)(F)F. The van der Waals surface area contributed by atoms with Gasteiger partial charge in [-0.05, 0) is 13.0 Å². The monoisotopic (exact) mass is 345 g/mol. The highest BCUT2D eigenvalue weighted by molar-refractivity contribution is 7.18. The molecule has 1 aromatic carbocycles. The van der Waals surface area contributed by atoms with Crippen LogP contribution in [0.5, 0.6) is 5.75 Å². The number of thiophene rings is 1. The Bertz CT molecular complexity index is 712. The molecule has 0 saturated carbocycles. The van der Waals surface area contributed by atoms with Crippen LogP contribution in [0.4, 0.5) is 18.2 Å². The Hall–Kier alpha value is -2.22. The number of carbonyl (C=O) groups is 1. The lowest BCUT2D eigenvalue weighted by Crippen LogP contribution is -2.14. The molecule has 2 aromatic rings. The molecule has 2 rings (SSSR count). The van der Waals surface area contributed by atoms with Crippen LogP contribution in [0.15, 0.2) is 30.3 Å². The summed E-state index contributed by atoms with van der Waals surface area (Å²) in [6, 6.07) is 6.51. The van der Waals surface area contributed by atoms with Crippen molar-refractivity contribution in [3.8, 4) is 5.75 Å². The second kappa shape index (κ2) is 6.49. The molecule has 0 aliphatic heterocycles. The van der Waals surface area contributed by atoms with Crippen LogP contribution in [0.25, 0.3) is 0 Å². The summed E-state index contributed by atoms with van der Waals surface area (Å²) in [5.74, 6) is -0.554. The lowest BCUT2D eigenvalue weighted by molar-refractivity contribution is -0.139. The molecule has 0 bridgehead atoms. The van der Waals surface area contributed by atoms with Gasteiger partial charge in [-0.1, -0.05) is 18.2 Å². The summed E-state index contributed by atoms with van der Waals surface area (Å²) in [6.07, 6.45) is -5.42. The number of esters is 1. The van der Waals surface area contributed by atoms with E-state index >= 15 is 0 Å². The molecule has 0 aliphatic rings. The topological polar surface area (TPSA) is 61.5 Å². The molecule has 124 valence electrons. The molecule has 23 heavy (non-hydrogen) atoms. The lowest BCUT2D eigenvalue weighted by atomic mass is 10.0. The molecule has 0 unspecified atom stereocenters. The van der Waals surface area contributed by atoms with E-state index in [0.717, 1.165) is 17.4 Å². The summed E-state index contributed by atoms with van der Waals surface area (Å²) in [6.45, 7) is 1.47. The molecule has 4 nitrogen and oxygen atoms in total. The zero-order valence-corrected chi connectivity index (χ0v) is 13.1. The number of hydrogen-bond donors (Lipinski definition) is 1. The number of nitrogens with two attached hydrogens (primary N) is 1. The predicted molar refractivity (Wildman–Crippen MR) is 80.6 cm³/mol. The van der Waals surface area contributed by atoms with Gasteiger partial charge in [-0.2, -0.15) is 13.2 Å². The van der Waals surface area contributed by atoms with E-state index in [2.05, 4.69) is 4.74 Å². The summed E-state index contributed by atoms with van der Waals surface area (Å²) >= 11 is 0.950. The van der Waals surface area contributed by atoms with Gasteiger partial charge in [-0.15, -0.1) is 11.3 Å². The molecule has 1 atom stereocenters.